The first-order valence-corrected chi connectivity index (χ1v) is 9.04. The number of amides is 1. The van der Waals surface area contributed by atoms with Gasteiger partial charge in [-0.05, 0) is 12.5 Å². The van der Waals surface area contributed by atoms with Gasteiger partial charge in [0.2, 0.25) is 5.91 Å². The van der Waals surface area contributed by atoms with Gasteiger partial charge in [-0.1, -0.05) is 37.3 Å². The van der Waals surface area contributed by atoms with Gasteiger partial charge < -0.3 is 15.0 Å². The summed E-state index contributed by atoms with van der Waals surface area (Å²) < 4.78 is 0. The highest BCUT2D eigenvalue weighted by atomic mass is 16.4. The number of carboxylic acids is 1. The minimum absolute atomic E-state index is 0.0774. The molecule has 0 unspecified atom stereocenters. The molecule has 0 radical (unpaired) electrons. The molecule has 1 saturated heterocycles. The van der Waals surface area contributed by atoms with Gasteiger partial charge in [-0.3, -0.25) is 14.4 Å². The molecular weight excluding hydrogens is 346 g/mol. The highest BCUT2D eigenvalue weighted by Crippen LogP contribution is 2.33. The van der Waals surface area contributed by atoms with Crippen molar-refractivity contribution in [3.05, 3.63) is 63.3 Å². The van der Waals surface area contributed by atoms with Crippen molar-refractivity contribution in [2.24, 2.45) is 5.92 Å². The number of aliphatic carboxylic acids is 1. The van der Waals surface area contributed by atoms with Crippen LogP contribution in [0, 0.1) is 12.8 Å². The minimum Gasteiger partial charge on any atom is -0.481 e. The molecule has 0 saturated carbocycles. The summed E-state index contributed by atoms with van der Waals surface area (Å²) in [6.07, 6.45) is 0.529. The number of nitrogens with one attached hydrogen (secondary N) is 1. The maximum absolute atomic E-state index is 12.8. The molecule has 142 valence electrons. The van der Waals surface area contributed by atoms with E-state index in [4.69, 9.17) is 0 Å². The van der Waals surface area contributed by atoms with E-state index in [2.05, 4.69) is 9.97 Å². The van der Waals surface area contributed by atoms with E-state index in [-0.39, 0.29) is 30.3 Å². The van der Waals surface area contributed by atoms with Crippen LogP contribution in [0.1, 0.15) is 35.5 Å². The highest BCUT2D eigenvalue weighted by molar-refractivity contribution is 5.81. The van der Waals surface area contributed by atoms with Crippen LogP contribution in [0.25, 0.3) is 0 Å². The minimum atomic E-state index is -0.915. The van der Waals surface area contributed by atoms with Crippen molar-refractivity contribution in [2.45, 2.75) is 32.6 Å². The average molecular weight is 369 g/mol. The van der Waals surface area contributed by atoms with E-state index in [9.17, 15) is 19.5 Å². The van der Waals surface area contributed by atoms with Crippen molar-refractivity contribution < 1.29 is 14.7 Å². The van der Waals surface area contributed by atoms with E-state index in [0.29, 0.717) is 30.0 Å². The second kappa shape index (κ2) is 7.73. The summed E-state index contributed by atoms with van der Waals surface area (Å²) in [6, 6.07) is 9.37. The number of aromatic amines is 1. The van der Waals surface area contributed by atoms with Gasteiger partial charge in [0.1, 0.15) is 5.82 Å². The molecule has 1 aromatic carbocycles. The van der Waals surface area contributed by atoms with Gasteiger partial charge in [-0.2, -0.15) is 0 Å². The Bertz CT molecular complexity index is 907. The first-order valence-electron chi connectivity index (χ1n) is 9.04. The molecule has 0 spiro atoms. The van der Waals surface area contributed by atoms with Crippen molar-refractivity contribution in [1.82, 2.24) is 14.9 Å². The first kappa shape index (κ1) is 18.8. The second-order valence-electron chi connectivity index (χ2n) is 6.87. The van der Waals surface area contributed by atoms with E-state index in [0.717, 1.165) is 5.56 Å². The molecule has 0 aliphatic carbocycles. The lowest BCUT2D eigenvalue weighted by atomic mass is 9.89. The SMILES string of the molecule is CCc1nc(C)c(CC(=O)N2C[C@@H](C(=O)O)[C@H](c3ccccc3)C2)c(=O)[nH]1. The third kappa shape index (κ3) is 3.92. The quantitative estimate of drug-likeness (QED) is 0.831. The third-order valence-electron chi connectivity index (χ3n) is 5.15. The molecule has 1 fully saturated rings. The summed E-state index contributed by atoms with van der Waals surface area (Å²) in [4.78, 5) is 45.3. The molecule has 0 bridgehead atoms. The highest BCUT2D eigenvalue weighted by Gasteiger charge is 2.40. The summed E-state index contributed by atoms with van der Waals surface area (Å²) in [5.41, 5.74) is 1.48. The van der Waals surface area contributed by atoms with Crippen molar-refractivity contribution in [3.63, 3.8) is 0 Å². The summed E-state index contributed by atoms with van der Waals surface area (Å²) in [6.45, 7) is 4.08. The number of H-pyrrole nitrogens is 1. The zero-order chi connectivity index (χ0) is 19.6. The van der Waals surface area contributed by atoms with Crippen molar-refractivity contribution >= 4 is 11.9 Å². The number of aromatic nitrogens is 2. The Hall–Kier alpha value is -2.96. The van der Waals surface area contributed by atoms with Gasteiger partial charge in [0.05, 0.1) is 12.3 Å². The number of carboxylic acid groups (broad SMARTS) is 1. The lowest BCUT2D eigenvalue weighted by molar-refractivity contribution is -0.141. The van der Waals surface area contributed by atoms with Crippen LogP contribution in [0.15, 0.2) is 35.1 Å². The van der Waals surface area contributed by atoms with Crippen LogP contribution >= 0.6 is 0 Å². The van der Waals surface area contributed by atoms with Gasteiger partial charge in [-0.25, -0.2) is 4.98 Å². The number of rotatable bonds is 5. The topological polar surface area (TPSA) is 103 Å². The van der Waals surface area contributed by atoms with E-state index < -0.39 is 11.9 Å². The number of hydrogen-bond acceptors (Lipinski definition) is 4. The van der Waals surface area contributed by atoms with Crippen LogP contribution in [-0.2, 0) is 22.4 Å². The molecule has 2 atom stereocenters. The Morgan fingerprint density at radius 1 is 1.26 bits per heavy atom. The molecule has 7 nitrogen and oxygen atoms in total. The third-order valence-corrected chi connectivity index (χ3v) is 5.15. The Morgan fingerprint density at radius 3 is 2.56 bits per heavy atom. The van der Waals surface area contributed by atoms with Crippen LogP contribution < -0.4 is 5.56 Å². The van der Waals surface area contributed by atoms with E-state index in [1.54, 1.807) is 11.8 Å². The fraction of sp³-hybridized carbons (Fsp3) is 0.400. The van der Waals surface area contributed by atoms with Gasteiger partial charge >= 0.3 is 5.97 Å². The van der Waals surface area contributed by atoms with Crippen molar-refractivity contribution in [2.75, 3.05) is 13.1 Å². The summed E-state index contributed by atoms with van der Waals surface area (Å²) in [5, 5.41) is 9.58. The Labute approximate surface area is 157 Å². The molecule has 2 heterocycles. The number of carbonyl (C=O) groups excluding carboxylic acids is 1. The lowest BCUT2D eigenvalue weighted by Gasteiger charge is -2.17. The normalized spacial score (nSPS) is 19.3. The van der Waals surface area contributed by atoms with Crippen LogP contribution in [0.4, 0.5) is 0 Å². The van der Waals surface area contributed by atoms with Crippen LogP contribution in [0.5, 0.6) is 0 Å². The van der Waals surface area contributed by atoms with Crippen LogP contribution in [0.3, 0.4) is 0 Å². The largest absolute Gasteiger partial charge is 0.481 e. The number of nitrogens with zero attached hydrogens (tertiary/aromatic N) is 2. The van der Waals surface area contributed by atoms with Gasteiger partial charge in [0.15, 0.2) is 0 Å². The van der Waals surface area contributed by atoms with Crippen molar-refractivity contribution in [3.8, 4) is 0 Å². The van der Waals surface area contributed by atoms with Crippen LogP contribution in [-0.4, -0.2) is 44.9 Å². The molecule has 1 aliphatic rings. The molecule has 2 N–H and O–H groups in total. The number of aryl methyl sites for hydroxylation is 2. The number of hydrogen-bond donors (Lipinski definition) is 2. The maximum atomic E-state index is 12.8. The number of likely N-dealkylation sites (tertiary alicyclic amines) is 1. The molecular formula is C20H23N3O4. The van der Waals surface area contributed by atoms with Gasteiger partial charge in [0.25, 0.3) is 5.56 Å². The summed E-state index contributed by atoms with van der Waals surface area (Å²) in [5.74, 6) is -1.49. The van der Waals surface area contributed by atoms with E-state index in [1.165, 1.54) is 0 Å². The molecule has 1 aromatic heterocycles. The summed E-state index contributed by atoms with van der Waals surface area (Å²) >= 11 is 0. The number of carbonyl (C=O) groups is 2. The summed E-state index contributed by atoms with van der Waals surface area (Å²) in [7, 11) is 0. The Kier molecular flexibility index (Phi) is 5.39. The predicted molar refractivity (Wildman–Crippen MR) is 99.6 cm³/mol. The van der Waals surface area contributed by atoms with E-state index >= 15 is 0 Å². The zero-order valence-corrected chi connectivity index (χ0v) is 15.4. The van der Waals surface area contributed by atoms with Crippen LogP contribution in [0.2, 0.25) is 0 Å². The monoisotopic (exact) mass is 369 g/mol. The molecule has 2 aromatic rings. The number of benzene rings is 1. The van der Waals surface area contributed by atoms with Crippen molar-refractivity contribution in [1.29, 1.82) is 0 Å². The maximum Gasteiger partial charge on any atom is 0.308 e. The van der Waals surface area contributed by atoms with E-state index in [1.807, 2.05) is 37.3 Å². The molecule has 3 rings (SSSR count). The smallest absolute Gasteiger partial charge is 0.308 e. The molecule has 27 heavy (non-hydrogen) atoms. The van der Waals surface area contributed by atoms with Gasteiger partial charge in [-0.15, -0.1) is 0 Å². The zero-order valence-electron chi connectivity index (χ0n) is 15.4. The average Bonchev–Trinajstić information content (AvgIpc) is 3.11. The standard InChI is InChI=1S/C20H23N3O4/c1-3-17-21-12(2)14(19(25)22-17)9-18(24)23-10-15(16(11-23)20(26)27)13-7-5-4-6-8-13/h4-8,15-16H,3,9-11H2,1-2H3,(H,26,27)(H,21,22,25)/t15-,16+/m0/s1. The predicted octanol–water partition coefficient (Wildman–Crippen LogP) is 1.51. The fourth-order valence-corrected chi connectivity index (χ4v) is 3.60. The first-order chi connectivity index (χ1) is 12.9. The van der Waals surface area contributed by atoms with Gasteiger partial charge in [0, 0.05) is 36.7 Å². The lowest BCUT2D eigenvalue weighted by Crippen LogP contribution is -2.33. The Morgan fingerprint density at radius 2 is 1.96 bits per heavy atom. The Balaban J connectivity index is 1.80. The second-order valence-corrected chi connectivity index (χ2v) is 6.87. The fourth-order valence-electron chi connectivity index (χ4n) is 3.60. The molecule has 7 heteroatoms. The molecule has 1 aliphatic heterocycles. The molecule has 1 amide bonds.